The van der Waals surface area contributed by atoms with E-state index in [0.717, 1.165) is 5.56 Å². The van der Waals surface area contributed by atoms with Gasteiger partial charge in [-0.05, 0) is 12.5 Å². The molecule has 1 unspecified atom stereocenters. The monoisotopic (exact) mass is 238 g/mol. The fourth-order valence-electron chi connectivity index (χ4n) is 1.53. The Balaban J connectivity index is 2.31. The van der Waals surface area contributed by atoms with Crippen LogP contribution in [0, 0.1) is 0 Å². The van der Waals surface area contributed by atoms with Gasteiger partial charge in [0.1, 0.15) is 6.23 Å². The Morgan fingerprint density at radius 2 is 2.00 bits per heavy atom. The highest BCUT2D eigenvalue weighted by Gasteiger charge is 2.10. The standard InChI is InChI=1S/C12H18N2O3/c1-9(10-5-3-2-4-6-10)14-11(15)7-8-13-12(16)17/h2-6,9,11,13-15H,7-8H2,1H3,(H,16,17)/t9-,11?/m0/s1. The number of benzene rings is 1. The molecule has 2 atom stereocenters. The third kappa shape index (κ3) is 5.33. The highest BCUT2D eigenvalue weighted by Crippen LogP contribution is 2.11. The van der Waals surface area contributed by atoms with Crippen molar-refractivity contribution in [3.05, 3.63) is 35.9 Å². The van der Waals surface area contributed by atoms with Gasteiger partial charge in [-0.2, -0.15) is 0 Å². The molecule has 0 spiro atoms. The third-order valence-electron chi connectivity index (χ3n) is 2.44. The van der Waals surface area contributed by atoms with Crippen molar-refractivity contribution >= 4 is 6.09 Å². The molecule has 5 nitrogen and oxygen atoms in total. The number of aliphatic hydroxyl groups is 1. The highest BCUT2D eigenvalue weighted by molar-refractivity contribution is 5.64. The maximum atomic E-state index is 10.2. The van der Waals surface area contributed by atoms with Gasteiger partial charge in [0.15, 0.2) is 0 Å². The molecule has 0 fully saturated rings. The summed E-state index contributed by atoms with van der Waals surface area (Å²) in [6.45, 7) is 2.17. The van der Waals surface area contributed by atoms with Gasteiger partial charge < -0.3 is 15.5 Å². The summed E-state index contributed by atoms with van der Waals surface area (Å²) in [5.74, 6) is 0. The lowest BCUT2D eigenvalue weighted by molar-refractivity contribution is 0.115. The Labute approximate surface area is 100 Å². The van der Waals surface area contributed by atoms with E-state index in [-0.39, 0.29) is 12.6 Å². The topological polar surface area (TPSA) is 81.6 Å². The first-order chi connectivity index (χ1) is 8.09. The van der Waals surface area contributed by atoms with E-state index in [1.54, 1.807) is 0 Å². The molecule has 0 saturated heterocycles. The normalized spacial score (nSPS) is 14.0. The van der Waals surface area contributed by atoms with Gasteiger partial charge in [-0.15, -0.1) is 0 Å². The molecule has 17 heavy (non-hydrogen) atoms. The average Bonchev–Trinajstić information content (AvgIpc) is 2.29. The van der Waals surface area contributed by atoms with Gasteiger partial charge in [-0.3, -0.25) is 5.32 Å². The summed E-state index contributed by atoms with van der Waals surface area (Å²) < 4.78 is 0. The molecule has 0 aliphatic carbocycles. The minimum Gasteiger partial charge on any atom is -0.465 e. The number of aliphatic hydroxyl groups excluding tert-OH is 1. The van der Waals surface area contributed by atoms with Crippen LogP contribution in [0.15, 0.2) is 30.3 Å². The quantitative estimate of drug-likeness (QED) is 0.563. The SMILES string of the molecule is C[C@H](NC(O)CCNC(=O)O)c1ccccc1. The van der Waals surface area contributed by atoms with Crippen LogP contribution in [-0.4, -0.2) is 29.1 Å². The Morgan fingerprint density at radius 3 is 2.59 bits per heavy atom. The molecule has 1 rings (SSSR count). The van der Waals surface area contributed by atoms with E-state index in [1.165, 1.54) is 0 Å². The summed E-state index contributed by atoms with van der Waals surface area (Å²) in [5, 5.41) is 23.2. The maximum absolute atomic E-state index is 10.2. The first-order valence-corrected chi connectivity index (χ1v) is 5.55. The van der Waals surface area contributed by atoms with Crippen LogP contribution >= 0.6 is 0 Å². The lowest BCUT2D eigenvalue weighted by Gasteiger charge is -2.19. The van der Waals surface area contributed by atoms with Crippen LogP contribution in [0.1, 0.15) is 24.9 Å². The molecule has 1 aromatic rings. The van der Waals surface area contributed by atoms with E-state index in [2.05, 4.69) is 10.6 Å². The largest absolute Gasteiger partial charge is 0.465 e. The zero-order chi connectivity index (χ0) is 12.7. The number of carboxylic acid groups (broad SMARTS) is 1. The van der Waals surface area contributed by atoms with Gasteiger partial charge >= 0.3 is 6.09 Å². The zero-order valence-corrected chi connectivity index (χ0v) is 9.76. The van der Waals surface area contributed by atoms with Crippen molar-refractivity contribution < 1.29 is 15.0 Å². The van der Waals surface area contributed by atoms with Crippen molar-refractivity contribution in [2.45, 2.75) is 25.6 Å². The van der Waals surface area contributed by atoms with E-state index < -0.39 is 12.3 Å². The molecule has 4 N–H and O–H groups in total. The summed E-state index contributed by atoms with van der Waals surface area (Å²) in [5.41, 5.74) is 1.08. The van der Waals surface area contributed by atoms with Crippen LogP contribution in [0.4, 0.5) is 4.79 Å². The zero-order valence-electron chi connectivity index (χ0n) is 9.76. The van der Waals surface area contributed by atoms with Gasteiger partial charge in [0.2, 0.25) is 0 Å². The summed E-state index contributed by atoms with van der Waals surface area (Å²) >= 11 is 0. The number of rotatable bonds is 6. The second-order valence-electron chi connectivity index (χ2n) is 3.84. The van der Waals surface area contributed by atoms with E-state index >= 15 is 0 Å². The van der Waals surface area contributed by atoms with Crippen molar-refractivity contribution in [2.24, 2.45) is 0 Å². The summed E-state index contributed by atoms with van der Waals surface area (Å²) in [6, 6.07) is 9.78. The van der Waals surface area contributed by atoms with E-state index in [4.69, 9.17) is 5.11 Å². The van der Waals surface area contributed by atoms with Crippen LogP contribution in [0.5, 0.6) is 0 Å². The fourth-order valence-corrected chi connectivity index (χ4v) is 1.53. The van der Waals surface area contributed by atoms with Crippen molar-refractivity contribution in [3.8, 4) is 0 Å². The Morgan fingerprint density at radius 1 is 1.35 bits per heavy atom. The predicted octanol–water partition coefficient (Wildman–Crippen LogP) is 1.31. The second-order valence-corrected chi connectivity index (χ2v) is 3.84. The van der Waals surface area contributed by atoms with Crippen LogP contribution in [0.2, 0.25) is 0 Å². The molecule has 0 saturated carbocycles. The molecule has 1 aromatic carbocycles. The molecule has 0 radical (unpaired) electrons. The van der Waals surface area contributed by atoms with Crippen LogP contribution < -0.4 is 10.6 Å². The molecule has 1 amide bonds. The summed E-state index contributed by atoms with van der Waals surface area (Å²) in [6.07, 6.45) is -1.46. The van der Waals surface area contributed by atoms with Crippen LogP contribution in [0.3, 0.4) is 0 Å². The molecule has 0 aliphatic rings. The van der Waals surface area contributed by atoms with Crippen molar-refractivity contribution in [3.63, 3.8) is 0 Å². The van der Waals surface area contributed by atoms with Gasteiger partial charge in [-0.25, -0.2) is 4.79 Å². The van der Waals surface area contributed by atoms with Crippen LogP contribution in [-0.2, 0) is 0 Å². The maximum Gasteiger partial charge on any atom is 0.404 e. The molecule has 5 heteroatoms. The number of hydrogen-bond donors (Lipinski definition) is 4. The first kappa shape index (κ1) is 13.5. The second kappa shape index (κ2) is 6.88. The minimum absolute atomic E-state index is 0.0241. The van der Waals surface area contributed by atoms with Gasteiger partial charge in [0.25, 0.3) is 0 Å². The number of amides is 1. The third-order valence-corrected chi connectivity index (χ3v) is 2.44. The molecule has 0 bridgehead atoms. The fraction of sp³-hybridized carbons (Fsp3) is 0.417. The lowest BCUT2D eigenvalue weighted by Crippen LogP contribution is -2.35. The van der Waals surface area contributed by atoms with E-state index in [0.29, 0.717) is 6.42 Å². The Bertz CT molecular complexity index is 343. The molecular weight excluding hydrogens is 220 g/mol. The summed E-state index contributed by atoms with van der Waals surface area (Å²) in [7, 11) is 0. The highest BCUT2D eigenvalue weighted by atomic mass is 16.4. The van der Waals surface area contributed by atoms with Crippen molar-refractivity contribution in [1.29, 1.82) is 0 Å². The van der Waals surface area contributed by atoms with E-state index in [1.807, 2.05) is 37.3 Å². The Kier molecular flexibility index (Phi) is 5.45. The molecule has 94 valence electrons. The summed E-state index contributed by atoms with van der Waals surface area (Å²) in [4.78, 5) is 10.2. The van der Waals surface area contributed by atoms with Gasteiger partial charge in [0, 0.05) is 19.0 Å². The average molecular weight is 238 g/mol. The number of hydrogen-bond acceptors (Lipinski definition) is 3. The lowest BCUT2D eigenvalue weighted by atomic mass is 10.1. The first-order valence-electron chi connectivity index (χ1n) is 5.55. The Hall–Kier alpha value is -1.59. The van der Waals surface area contributed by atoms with E-state index in [9.17, 15) is 9.90 Å². The van der Waals surface area contributed by atoms with Crippen molar-refractivity contribution in [2.75, 3.05) is 6.54 Å². The number of carbonyl (C=O) groups is 1. The minimum atomic E-state index is -1.08. The van der Waals surface area contributed by atoms with Crippen molar-refractivity contribution in [1.82, 2.24) is 10.6 Å². The number of nitrogens with one attached hydrogen (secondary N) is 2. The van der Waals surface area contributed by atoms with Gasteiger partial charge in [-0.1, -0.05) is 30.3 Å². The molecule has 0 heterocycles. The van der Waals surface area contributed by atoms with Gasteiger partial charge in [0.05, 0.1) is 0 Å². The molecule has 0 aromatic heterocycles. The molecular formula is C12H18N2O3. The molecule has 0 aliphatic heterocycles. The van der Waals surface area contributed by atoms with Crippen LogP contribution in [0.25, 0.3) is 0 Å². The predicted molar refractivity (Wildman–Crippen MR) is 64.6 cm³/mol. The smallest absolute Gasteiger partial charge is 0.404 e.